The summed E-state index contributed by atoms with van der Waals surface area (Å²) in [5.41, 5.74) is -0.602. The first kappa shape index (κ1) is 20.9. The molecule has 0 aliphatic heterocycles. The topological polar surface area (TPSA) is 75.6 Å². The van der Waals surface area contributed by atoms with Crippen LogP contribution >= 0.6 is 34.8 Å². The van der Waals surface area contributed by atoms with Gasteiger partial charge in [0.1, 0.15) is 6.04 Å². The Morgan fingerprint density at radius 1 is 1.25 bits per heavy atom. The predicted molar refractivity (Wildman–Crippen MR) is 94.8 cm³/mol. The van der Waals surface area contributed by atoms with E-state index in [0.717, 1.165) is 5.56 Å². The third-order valence-corrected chi connectivity index (χ3v) is 4.72. The number of nitrogens with one attached hydrogen (secondary N) is 1. The summed E-state index contributed by atoms with van der Waals surface area (Å²) in [7, 11) is 0. The lowest BCUT2D eigenvalue weighted by Gasteiger charge is -2.35. The van der Waals surface area contributed by atoms with Crippen LogP contribution in [0.25, 0.3) is 0 Å². The van der Waals surface area contributed by atoms with Crippen molar-refractivity contribution in [1.29, 1.82) is 0 Å². The van der Waals surface area contributed by atoms with Crippen LogP contribution in [0.2, 0.25) is 0 Å². The summed E-state index contributed by atoms with van der Waals surface area (Å²) in [5.74, 6) is -1.18. The van der Waals surface area contributed by atoms with Crippen molar-refractivity contribution in [1.82, 2.24) is 5.32 Å². The van der Waals surface area contributed by atoms with Crippen molar-refractivity contribution in [2.75, 3.05) is 0 Å². The van der Waals surface area contributed by atoms with Gasteiger partial charge in [-0.25, -0.2) is 9.59 Å². The van der Waals surface area contributed by atoms with Gasteiger partial charge in [0.2, 0.25) is 3.79 Å². The zero-order valence-electron chi connectivity index (χ0n) is 13.4. The molecule has 0 aromatic heterocycles. The number of carboxylic acids is 1. The highest BCUT2D eigenvalue weighted by Gasteiger charge is 2.47. The number of ether oxygens (including phenoxy) is 1. The highest BCUT2D eigenvalue weighted by atomic mass is 35.6. The lowest BCUT2D eigenvalue weighted by atomic mass is 10.0. The van der Waals surface area contributed by atoms with Crippen LogP contribution in [0.5, 0.6) is 0 Å². The lowest BCUT2D eigenvalue weighted by Crippen LogP contribution is -2.50. The van der Waals surface area contributed by atoms with Crippen LogP contribution in [-0.4, -0.2) is 32.6 Å². The molecule has 0 spiro atoms. The van der Waals surface area contributed by atoms with Crippen molar-refractivity contribution in [3.8, 4) is 0 Å². The van der Waals surface area contributed by atoms with Gasteiger partial charge in [-0.15, -0.1) is 0 Å². The second kappa shape index (κ2) is 8.79. The molecule has 1 aromatic rings. The molecule has 1 unspecified atom stereocenters. The minimum absolute atomic E-state index is 0.115. The number of carbonyl (C=O) groups is 2. The van der Waals surface area contributed by atoms with E-state index >= 15 is 0 Å². The van der Waals surface area contributed by atoms with Gasteiger partial charge in [-0.2, -0.15) is 0 Å². The average molecular weight is 397 g/mol. The van der Waals surface area contributed by atoms with E-state index in [9.17, 15) is 14.7 Å². The molecular weight excluding hydrogens is 377 g/mol. The summed E-state index contributed by atoms with van der Waals surface area (Å²) >= 11 is 17.7. The zero-order valence-corrected chi connectivity index (χ0v) is 15.7. The van der Waals surface area contributed by atoms with Crippen LogP contribution < -0.4 is 5.32 Å². The Hall–Kier alpha value is -1.17. The van der Waals surface area contributed by atoms with Crippen molar-refractivity contribution in [3.63, 3.8) is 0 Å². The van der Waals surface area contributed by atoms with Gasteiger partial charge in [-0.05, 0) is 18.9 Å². The van der Waals surface area contributed by atoms with E-state index in [1.54, 1.807) is 24.3 Å². The van der Waals surface area contributed by atoms with Gasteiger partial charge in [-0.1, -0.05) is 78.5 Å². The Morgan fingerprint density at radius 2 is 1.83 bits per heavy atom. The number of alkyl halides is 3. The molecule has 0 fully saturated rings. The quantitative estimate of drug-likeness (QED) is 0.672. The third kappa shape index (κ3) is 6.04. The first-order valence-corrected chi connectivity index (χ1v) is 8.55. The second-order valence-corrected chi connectivity index (χ2v) is 7.87. The Labute approximate surface area is 156 Å². The second-order valence-electron chi connectivity index (χ2n) is 5.59. The van der Waals surface area contributed by atoms with Gasteiger partial charge in [-0.3, -0.25) is 0 Å². The minimum atomic E-state index is -1.83. The fraction of sp³-hybridized carbons (Fsp3) is 0.500. The first-order valence-electron chi connectivity index (χ1n) is 7.42. The predicted octanol–water partition coefficient (Wildman–Crippen LogP) is 4.34. The summed E-state index contributed by atoms with van der Waals surface area (Å²) in [4.78, 5) is 23.5. The molecule has 1 aromatic carbocycles. The highest BCUT2D eigenvalue weighted by Crippen LogP contribution is 2.43. The smallest absolute Gasteiger partial charge is 0.408 e. The molecule has 0 bridgehead atoms. The van der Waals surface area contributed by atoms with E-state index in [0.29, 0.717) is 12.8 Å². The number of alkyl carbamates (subject to hydrolysis) is 1. The average Bonchev–Trinajstić information content (AvgIpc) is 2.46. The molecule has 0 aliphatic carbocycles. The number of benzene rings is 1. The summed E-state index contributed by atoms with van der Waals surface area (Å²) < 4.78 is 3.42. The van der Waals surface area contributed by atoms with Gasteiger partial charge >= 0.3 is 12.1 Å². The summed E-state index contributed by atoms with van der Waals surface area (Å²) in [6.45, 7) is 3.35. The Kier molecular flexibility index (Phi) is 7.64. The van der Waals surface area contributed by atoms with Crippen LogP contribution in [-0.2, 0) is 16.0 Å². The Balaban J connectivity index is 2.80. The lowest BCUT2D eigenvalue weighted by molar-refractivity contribution is -0.139. The van der Waals surface area contributed by atoms with Crippen LogP contribution in [0.3, 0.4) is 0 Å². The van der Waals surface area contributed by atoms with E-state index in [1.165, 1.54) is 6.92 Å². The maximum Gasteiger partial charge on any atom is 0.408 e. The molecule has 24 heavy (non-hydrogen) atoms. The van der Waals surface area contributed by atoms with Gasteiger partial charge < -0.3 is 15.2 Å². The van der Waals surface area contributed by atoms with Gasteiger partial charge in [0, 0.05) is 6.42 Å². The molecule has 134 valence electrons. The largest absolute Gasteiger partial charge is 0.480 e. The van der Waals surface area contributed by atoms with Crippen molar-refractivity contribution in [3.05, 3.63) is 35.9 Å². The van der Waals surface area contributed by atoms with Crippen molar-refractivity contribution < 1.29 is 19.4 Å². The molecule has 0 heterocycles. The summed E-state index contributed by atoms with van der Waals surface area (Å²) in [6.07, 6.45) is 0.0987. The molecule has 2 N–H and O–H groups in total. The molecule has 5 nitrogen and oxygen atoms in total. The maximum absolute atomic E-state index is 12.1. The van der Waals surface area contributed by atoms with Crippen molar-refractivity contribution >= 4 is 46.9 Å². The summed E-state index contributed by atoms with van der Waals surface area (Å²) in [5, 5.41) is 11.6. The van der Waals surface area contributed by atoms with Gasteiger partial charge in [0.05, 0.1) is 0 Å². The number of hydrogen-bond acceptors (Lipinski definition) is 3. The van der Waals surface area contributed by atoms with E-state index in [4.69, 9.17) is 39.5 Å². The molecule has 0 radical (unpaired) electrons. The number of halogens is 3. The van der Waals surface area contributed by atoms with Gasteiger partial charge in [0.25, 0.3) is 0 Å². The number of amides is 1. The van der Waals surface area contributed by atoms with Crippen LogP contribution in [0.15, 0.2) is 30.3 Å². The number of aliphatic carboxylic acids is 1. The maximum atomic E-state index is 12.1. The van der Waals surface area contributed by atoms with Crippen LogP contribution in [0.1, 0.15) is 32.3 Å². The summed E-state index contributed by atoms with van der Waals surface area (Å²) in [6, 6.07) is 7.78. The Bertz CT molecular complexity index is 562. The van der Waals surface area contributed by atoms with E-state index < -0.39 is 27.5 Å². The Morgan fingerprint density at radius 3 is 2.29 bits per heavy atom. The SMILES string of the molecule is CCCC(C)(OC(=O)N[C@@H](Cc1ccccc1)C(=O)O)C(Cl)(Cl)Cl. The zero-order chi connectivity index (χ0) is 18.4. The molecule has 0 saturated heterocycles. The van der Waals surface area contributed by atoms with Crippen molar-refractivity contribution in [2.24, 2.45) is 0 Å². The number of hydrogen-bond donors (Lipinski definition) is 2. The number of carboxylic acid groups (broad SMARTS) is 1. The fourth-order valence-electron chi connectivity index (χ4n) is 2.15. The first-order chi connectivity index (χ1) is 11.1. The molecule has 1 rings (SSSR count). The molecule has 0 saturated carbocycles. The number of rotatable bonds is 7. The fourth-order valence-corrected chi connectivity index (χ4v) is 2.55. The molecule has 8 heteroatoms. The standard InChI is InChI=1S/C16H20Cl3NO4/c1-3-9-15(2,16(17,18)19)24-14(23)20-12(13(21)22)10-11-7-5-4-6-8-11/h4-8,12H,3,9-10H2,1-2H3,(H,20,23)(H,21,22)/t12-,15?/m0/s1. The number of carbonyl (C=O) groups excluding carboxylic acids is 1. The molecule has 2 atom stereocenters. The minimum Gasteiger partial charge on any atom is -0.480 e. The molecular formula is C16H20Cl3NO4. The van der Waals surface area contributed by atoms with E-state index in [1.807, 2.05) is 13.0 Å². The van der Waals surface area contributed by atoms with Crippen molar-refractivity contribution in [2.45, 2.75) is 48.5 Å². The monoisotopic (exact) mass is 395 g/mol. The third-order valence-electron chi connectivity index (χ3n) is 3.52. The van der Waals surface area contributed by atoms with Crippen LogP contribution in [0, 0.1) is 0 Å². The highest BCUT2D eigenvalue weighted by molar-refractivity contribution is 6.68. The van der Waals surface area contributed by atoms with Crippen LogP contribution in [0.4, 0.5) is 4.79 Å². The van der Waals surface area contributed by atoms with E-state index in [2.05, 4.69) is 5.32 Å². The van der Waals surface area contributed by atoms with E-state index in [-0.39, 0.29) is 6.42 Å². The molecule has 0 aliphatic rings. The molecule has 1 amide bonds. The normalized spacial score (nSPS) is 15.2. The van der Waals surface area contributed by atoms with Gasteiger partial charge in [0.15, 0.2) is 5.60 Å².